The van der Waals surface area contributed by atoms with Crippen molar-refractivity contribution in [2.45, 2.75) is 52.2 Å². The fourth-order valence-electron chi connectivity index (χ4n) is 3.68. The standard InChI is InChI=1S/C30H39O11P/c1-18(2)28(33)40-16-23(31)14-38-25-10-8-21(12-20(25)5)30(6,7)22-9-11-26(27(13-22)42(35,36)37)39-15-24(32)17-41-29(34)19(3)4/h8-13,23-24,31-32H,1,3,14-17H2,2,4-7H3,(H2,35,36,37). The van der Waals surface area contributed by atoms with E-state index in [9.17, 15) is 34.2 Å². The Bertz CT molecular complexity index is 1360. The van der Waals surface area contributed by atoms with E-state index >= 15 is 0 Å². The molecule has 0 amide bonds. The van der Waals surface area contributed by atoms with Gasteiger partial charge in [-0.05, 0) is 55.7 Å². The van der Waals surface area contributed by atoms with Gasteiger partial charge in [0.2, 0.25) is 0 Å². The van der Waals surface area contributed by atoms with E-state index in [4.69, 9.17) is 18.9 Å². The van der Waals surface area contributed by atoms with Gasteiger partial charge < -0.3 is 38.9 Å². The summed E-state index contributed by atoms with van der Waals surface area (Å²) in [5, 5.41) is 19.8. The van der Waals surface area contributed by atoms with Crippen LogP contribution in [0.2, 0.25) is 0 Å². The maximum Gasteiger partial charge on any atom is 0.359 e. The number of carbonyl (C=O) groups excluding carboxylic acids is 2. The lowest BCUT2D eigenvalue weighted by Crippen LogP contribution is -2.27. The Morgan fingerprint density at radius 1 is 0.810 bits per heavy atom. The first-order valence-corrected chi connectivity index (χ1v) is 14.6. The van der Waals surface area contributed by atoms with Crippen LogP contribution in [0.1, 0.15) is 44.4 Å². The van der Waals surface area contributed by atoms with Crippen molar-refractivity contribution in [1.29, 1.82) is 0 Å². The molecule has 0 heterocycles. The van der Waals surface area contributed by atoms with Crippen LogP contribution in [0.15, 0.2) is 60.7 Å². The molecule has 0 fully saturated rings. The number of benzene rings is 2. The van der Waals surface area contributed by atoms with Gasteiger partial charge in [0, 0.05) is 16.6 Å². The summed E-state index contributed by atoms with van der Waals surface area (Å²) >= 11 is 0. The van der Waals surface area contributed by atoms with Crippen molar-refractivity contribution in [2.24, 2.45) is 0 Å². The molecular weight excluding hydrogens is 567 g/mol. The normalized spacial score (nSPS) is 13.1. The highest BCUT2D eigenvalue weighted by Crippen LogP contribution is 2.41. The average Bonchev–Trinajstić information content (AvgIpc) is 2.91. The van der Waals surface area contributed by atoms with Crippen molar-refractivity contribution in [3.05, 3.63) is 77.4 Å². The van der Waals surface area contributed by atoms with Crippen molar-refractivity contribution >= 4 is 24.8 Å². The SMILES string of the molecule is C=C(C)C(=O)OCC(O)COc1ccc(C(C)(C)c2ccc(OCC(O)COC(=O)C(=C)C)c(P(=O)(O)O)c2)cc1C. The number of hydrogen-bond donors (Lipinski definition) is 4. The van der Waals surface area contributed by atoms with Gasteiger partial charge in [-0.1, -0.05) is 45.2 Å². The Morgan fingerprint density at radius 2 is 1.24 bits per heavy atom. The van der Waals surface area contributed by atoms with E-state index in [1.54, 1.807) is 18.2 Å². The Balaban J connectivity index is 2.17. The zero-order valence-electron chi connectivity index (χ0n) is 24.5. The number of hydrogen-bond acceptors (Lipinski definition) is 9. The molecule has 2 unspecified atom stereocenters. The van der Waals surface area contributed by atoms with Gasteiger partial charge >= 0.3 is 19.5 Å². The number of aryl methyl sites for hydroxylation is 1. The highest BCUT2D eigenvalue weighted by Gasteiger charge is 2.30. The maximum absolute atomic E-state index is 12.4. The molecule has 2 aromatic rings. The average molecular weight is 607 g/mol. The van der Waals surface area contributed by atoms with Crippen molar-refractivity contribution in [3.8, 4) is 11.5 Å². The van der Waals surface area contributed by atoms with Crippen molar-refractivity contribution in [1.82, 2.24) is 0 Å². The second kappa shape index (κ2) is 14.6. The van der Waals surface area contributed by atoms with Gasteiger partial charge in [0.15, 0.2) is 0 Å². The molecule has 0 spiro atoms. The number of rotatable bonds is 15. The highest BCUT2D eigenvalue weighted by molar-refractivity contribution is 7.60. The third-order valence-electron chi connectivity index (χ3n) is 6.26. The van der Waals surface area contributed by atoms with Crippen molar-refractivity contribution in [2.75, 3.05) is 26.4 Å². The minimum absolute atomic E-state index is 0.106. The summed E-state index contributed by atoms with van der Waals surface area (Å²) in [5.74, 6) is -0.879. The van der Waals surface area contributed by atoms with E-state index in [1.165, 1.54) is 26.0 Å². The smallest absolute Gasteiger partial charge is 0.359 e. The molecular formula is C30H39O11P. The number of carbonyl (C=O) groups is 2. The summed E-state index contributed by atoms with van der Waals surface area (Å²) in [4.78, 5) is 43.1. The molecule has 0 aliphatic carbocycles. The van der Waals surface area contributed by atoms with Crippen LogP contribution in [-0.2, 0) is 29.0 Å². The van der Waals surface area contributed by atoms with E-state index in [1.807, 2.05) is 26.8 Å². The van der Waals surface area contributed by atoms with Crippen LogP contribution in [0, 0.1) is 6.92 Å². The topological polar surface area (TPSA) is 169 Å². The van der Waals surface area contributed by atoms with Gasteiger partial charge in [0.1, 0.15) is 55.4 Å². The lowest BCUT2D eigenvalue weighted by atomic mass is 9.77. The summed E-state index contributed by atoms with van der Waals surface area (Å²) < 4.78 is 33.3. The van der Waals surface area contributed by atoms with E-state index in [0.717, 1.165) is 11.1 Å². The summed E-state index contributed by atoms with van der Waals surface area (Å²) in [6.07, 6.45) is -2.27. The third-order valence-corrected chi connectivity index (χ3v) is 7.24. The maximum atomic E-state index is 12.4. The second-order valence-electron chi connectivity index (χ2n) is 10.5. The van der Waals surface area contributed by atoms with E-state index in [2.05, 4.69) is 13.2 Å². The van der Waals surface area contributed by atoms with Gasteiger partial charge in [0.25, 0.3) is 0 Å². The fourth-order valence-corrected chi connectivity index (χ4v) is 4.41. The predicted molar refractivity (Wildman–Crippen MR) is 156 cm³/mol. The van der Waals surface area contributed by atoms with Gasteiger partial charge in [-0.25, -0.2) is 9.59 Å². The number of esters is 2. The van der Waals surface area contributed by atoms with Crippen LogP contribution < -0.4 is 14.8 Å². The van der Waals surface area contributed by atoms with E-state index in [-0.39, 0.29) is 48.6 Å². The fraction of sp³-hybridized carbons (Fsp3) is 0.400. The van der Waals surface area contributed by atoms with Gasteiger partial charge in [-0.2, -0.15) is 0 Å². The van der Waals surface area contributed by atoms with Crippen LogP contribution in [0.3, 0.4) is 0 Å². The van der Waals surface area contributed by atoms with Crippen molar-refractivity contribution < 1.29 is 53.1 Å². The first kappa shape index (κ1) is 34.7. The minimum atomic E-state index is -4.78. The predicted octanol–water partition coefficient (Wildman–Crippen LogP) is 2.84. The summed E-state index contributed by atoms with van der Waals surface area (Å²) in [5.41, 5.74) is 1.85. The minimum Gasteiger partial charge on any atom is -0.490 e. The zero-order valence-corrected chi connectivity index (χ0v) is 25.3. The lowest BCUT2D eigenvalue weighted by Gasteiger charge is -2.28. The summed E-state index contributed by atoms with van der Waals surface area (Å²) in [6, 6.07) is 9.86. The van der Waals surface area contributed by atoms with Crippen LogP contribution >= 0.6 is 7.60 Å². The molecule has 0 aliphatic heterocycles. The molecule has 0 aliphatic rings. The monoisotopic (exact) mass is 606 g/mol. The van der Waals surface area contributed by atoms with Gasteiger partial charge in [0.05, 0.1) is 0 Å². The zero-order chi connectivity index (χ0) is 31.8. The Morgan fingerprint density at radius 3 is 1.67 bits per heavy atom. The molecule has 0 saturated heterocycles. The molecule has 42 heavy (non-hydrogen) atoms. The molecule has 0 radical (unpaired) electrons. The Kier molecular flexibility index (Phi) is 12.1. The summed E-state index contributed by atoms with van der Waals surface area (Å²) in [6.45, 7) is 14.4. The Labute approximate surface area is 245 Å². The highest BCUT2D eigenvalue weighted by atomic mass is 31.2. The molecule has 0 bridgehead atoms. The summed E-state index contributed by atoms with van der Waals surface area (Å²) in [7, 11) is -4.78. The lowest BCUT2D eigenvalue weighted by molar-refractivity contribution is -0.143. The van der Waals surface area contributed by atoms with Crippen molar-refractivity contribution in [3.63, 3.8) is 0 Å². The second-order valence-corrected chi connectivity index (χ2v) is 12.1. The van der Waals surface area contributed by atoms with Gasteiger partial charge in [-0.15, -0.1) is 0 Å². The molecule has 0 saturated carbocycles. The Hall–Kier alpha value is -3.47. The molecule has 230 valence electrons. The van der Waals surface area contributed by atoms with Gasteiger partial charge in [-0.3, -0.25) is 4.57 Å². The molecule has 2 aromatic carbocycles. The number of ether oxygens (including phenoxy) is 4. The molecule has 0 aromatic heterocycles. The van der Waals surface area contributed by atoms with Crippen LogP contribution in [0.4, 0.5) is 0 Å². The molecule has 4 N–H and O–H groups in total. The van der Waals surface area contributed by atoms with Crippen LogP contribution in [-0.4, -0.2) is 70.6 Å². The first-order chi connectivity index (χ1) is 19.4. The number of aliphatic hydroxyl groups excluding tert-OH is 2. The van der Waals surface area contributed by atoms with E-state index < -0.39 is 37.2 Å². The van der Waals surface area contributed by atoms with Crippen LogP contribution in [0.5, 0.6) is 11.5 Å². The molecule has 2 rings (SSSR count). The largest absolute Gasteiger partial charge is 0.490 e. The third kappa shape index (κ3) is 9.82. The molecule has 12 heteroatoms. The quantitative estimate of drug-likeness (QED) is 0.134. The van der Waals surface area contributed by atoms with E-state index in [0.29, 0.717) is 11.3 Å². The molecule has 2 atom stereocenters. The first-order valence-electron chi connectivity index (χ1n) is 13.0. The molecule has 11 nitrogen and oxygen atoms in total. The van der Waals surface area contributed by atoms with Crippen LogP contribution in [0.25, 0.3) is 0 Å². The number of aliphatic hydroxyl groups is 2.